The maximum Gasteiger partial charge on any atom is 0.274 e. The van der Waals surface area contributed by atoms with Gasteiger partial charge in [0.05, 0.1) is 11.6 Å². The van der Waals surface area contributed by atoms with Crippen molar-refractivity contribution in [1.29, 1.82) is 0 Å². The van der Waals surface area contributed by atoms with Crippen molar-refractivity contribution in [1.82, 2.24) is 9.88 Å². The Labute approximate surface area is 117 Å². The van der Waals surface area contributed by atoms with E-state index in [0.717, 1.165) is 0 Å². The van der Waals surface area contributed by atoms with Crippen molar-refractivity contribution in [3.05, 3.63) is 28.0 Å². The lowest BCUT2D eigenvalue weighted by Gasteiger charge is -2.20. The minimum Gasteiger partial charge on any atom is -0.380 e. The Morgan fingerprint density at radius 3 is 2.72 bits per heavy atom. The molecule has 4 nitrogen and oxygen atoms in total. The van der Waals surface area contributed by atoms with E-state index in [1.807, 2.05) is 13.8 Å². The van der Waals surface area contributed by atoms with Gasteiger partial charge in [-0.3, -0.25) is 4.79 Å². The minimum absolute atomic E-state index is 0.183. The van der Waals surface area contributed by atoms with E-state index in [2.05, 4.69) is 4.98 Å². The van der Waals surface area contributed by atoms with Crippen molar-refractivity contribution < 1.29 is 9.53 Å². The second-order valence-corrected chi connectivity index (χ2v) is 4.34. The summed E-state index contributed by atoms with van der Waals surface area (Å²) in [5.41, 5.74) is 0.183. The Kier molecular flexibility index (Phi) is 6.39. The lowest BCUT2D eigenvalue weighted by molar-refractivity contribution is 0.0664. The first-order chi connectivity index (χ1) is 8.60. The third-order valence-corrected chi connectivity index (χ3v) is 2.91. The number of carbonyl (C=O) groups is 1. The predicted molar refractivity (Wildman–Crippen MR) is 72.3 cm³/mol. The summed E-state index contributed by atoms with van der Waals surface area (Å²) in [5.74, 6) is -0.232. The fraction of sp³-hybridized carbons (Fsp3) is 0.500. The van der Waals surface area contributed by atoms with Crippen LogP contribution in [0.25, 0.3) is 0 Å². The van der Waals surface area contributed by atoms with Crippen molar-refractivity contribution in [3.63, 3.8) is 0 Å². The average Bonchev–Trinajstić information content (AvgIpc) is 2.37. The first-order valence-electron chi connectivity index (χ1n) is 5.79. The lowest BCUT2D eigenvalue weighted by atomic mass is 10.3. The van der Waals surface area contributed by atoms with Gasteiger partial charge in [-0.1, -0.05) is 23.2 Å². The molecule has 1 heterocycles. The topological polar surface area (TPSA) is 42.4 Å². The number of carbonyl (C=O) groups excluding carboxylic acids is 1. The number of pyridine rings is 1. The molecular formula is C12H16Cl2N2O2. The summed E-state index contributed by atoms with van der Waals surface area (Å²) in [5, 5.41) is 0.558. The van der Waals surface area contributed by atoms with Crippen molar-refractivity contribution in [2.75, 3.05) is 26.3 Å². The number of rotatable bonds is 6. The van der Waals surface area contributed by atoms with Crippen LogP contribution >= 0.6 is 23.2 Å². The zero-order valence-electron chi connectivity index (χ0n) is 10.4. The quantitative estimate of drug-likeness (QED) is 0.598. The largest absolute Gasteiger partial charge is 0.380 e. The van der Waals surface area contributed by atoms with Crippen LogP contribution in [0.15, 0.2) is 12.1 Å². The molecule has 0 fully saturated rings. The standard InChI is InChI=1S/C12H16Cl2N2O2/c1-3-16(7-8-18-4-2)12(17)11-9(13)5-6-10(14)15-11/h5-6H,3-4,7-8H2,1-2H3. The highest BCUT2D eigenvalue weighted by molar-refractivity contribution is 6.34. The molecule has 0 radical (unpaired) electrons. The summed E-state index contributed by atoms with van der Waals surface area (Å²) in [7, 11) is 0. The molecule has 1 amide bonds. The van der Waals surface area contributed by atoms with E-state index in [1.165, 1.54) is 0 Å². The van der Waals surface area contributed by atoms with Gasteiger partial charge < -0.3 is 9.64 Å². The molecule has 0 unspecified atom stereocenters. The number of ether oxygens (including phenoxy) is 1. The number of hydrogen-bond acceptors (Lipinski definition) is 3. The van der Waals surface area contributed by atoms with Crippen LogP contribution in [0.2, 0.25) is 10.2 Å². The van der Waals surface area contributed by atoms with Gasteiger partial charge in [0.2, 0.25) is 0 Å². The van der Waals surface area contributed by atoms with Gasteiger partial charge in [0.25, 0.3) is 5.91 Å². The summed E-state index contributed by atoms with van der Waals surface area (Å²) in [6.45, 7) is 6.00. The summed E-state index contributed by atoms with van der Waals surface area (Å²) < 4.78 is 5.23. The number of nitrogens with zero attached hydrogens (tertiary/aromatic N) is 2. The maximum atomic E-state index is 12.2. The molecule has 18 heavy (non-hydrogen) atoms. The van der Waals surface area contributed by atoms with Crippen LogP contribution in [-0.4, -0.2) is 42.1 Å². The van der Waals surface area contributed by atoms with E-state index in [-0.39, 0.29) is 16.8 Å². The van der Waals surface area contributed by atoms with E-state index in [4.69, 9.17) is 27.9 Å². The molecule has 0 saturated heterocycles. The molecule has 0 atom stereocenters. The summed E-state index contributed by atoms with van der Waals surface area (Å²) in [6, 6.07) is 3.12. The Morgan fingerprint density at radius 2 is 2.11 bits per heavy atom. The summed E-state index contributed by atoms with van der Waals surface area (Å²) in [4.78, 5) is 17.8. The van der Waals surface area contributed by atoms with Gasteiger partial charge in [0.15, 0.2) is 0 Å². The number of hydrogen-bond donors (Lipinski definition) is 0. The second-order valence-electron chi connectivity index (χ2n) is 3.55. The fourth-order valence-corrected chi connectivity index (χ4v) is 1.77. The van der Waals surface area contributed by atoms with Gasteiger partial charge in [-0.05, 0) is 26.0 Å². The molecule has 6 heteroatoms. The molecule has 1 aromatic rings. The fourth-order valence-electron chi connectivity index (χ4n) is 1.44. The van der Waals surface area contributed by atoms with Gasteiger partial charge in [-0.15, -0.1) is 0 Å². The van der Waals surface area contributed by atoms with Crippen LogP contribution in [0.3, 0.4) is 0 Å². The third kappa shape index (κ3) is 4.12. The van der Waals surface area contributed by atoms with Crippen molar-refractivity contribution in [3.8, 4) is 0 Å². The van der Waals surface area contributed by atoms with Crippen LogP contribution in [0.5, 0.6) is 0 Å². The maximum absolute atomic E-state index is 12.2. The number of amides is 1. The zero-order chi connectivity index (χ0) is 13.5. The van der Waals surface area contributed by atoms with Gasteiger partial charge in [0, 0.05) is 19.7 Å². The van der Waals surface area contributed by atoms with Crippen LogP contribution in [0, 0.1) is 0 Å². The molecule has 0 N–H and O–H groups in total. The molecule has 0 saturated carbocycles. The van der Waals surface area contributed by atoms with Crippen molar-refractivity contribution in [2.24, 2.45) is 0 Å². The average molecular weight is 291 g/mol. The molecule has 0 aromatic carbocycles. The van der Waals surface area contributed by atoms with Crippen molar-refractivity contribution in [2.45, 2.75) is 13.8 Å². The number of likely N-dealkylation sites (N-methyl/N-ethyl adjacent to an activating group) is 1. The van der Waals surface area contributed by atoms with Crippen LogP contribution in [-0.2, 0) is 4.74 Å². The van der Waals surface area contributed by atoms with E-state index in [1.54, 1.807) is 17.0 Å². The molecule has 0 spiro atoms. The van der Waals surface area contributed by atoms with E-state index >= 15 is 0 Å². The van der Waals surface area contributed by atoms with Crippen LogP contribution in [0.1, 0.15) is 24.3 Å². The Bertz CT molecular complexity index is 413. The van der Waals surface area contributed by atoms with Crippen molar-refractivity contribution >= 4 is 29.1 Å². The molecule has 100 valence electrons. The van der Waals surface area contributed by atoms with Gasteiger partial charge in [-0.25, -0.2) is 4.98 Å². The molecule has 0 aliphatic rings. The minimum atomic E-state index is -0.232. The summed E-state index contributed by atoms with van der Waals surface area (Å²) >= 11 is 11.7. The van der Waals surface area contributed by atoms with E-state index < -0.39 is 0 Å². The zero-order valence-corrected chi connectivity index (χ0v) is 12.0. The highest BCUT2D eigenvalue weighted by Crippen LogP contribution is 2.18. The third-order valence-electron chi connectivity index (χ3n) is 2.39. The van der Waals surface area contributed by atoms with E-state index in [9.17, 15) is 4.79 Å². The summed E-state index contributed by atoms with van der Waals surface area (Å²) in [6.07, 6.45) is 0. The Hall–Kier alpha value is -0.840. The Morgan fingerprint density at radius 1 is 1.39 bits per heavy atom. The molecule has 1 aromatic heterocycles. The lowest BCUT2D eigenvalue weighted by Crippen LogP contribution is -2.34. The highest BCUT2D eigenvalue weighted by atomic mass is 35.5. The molecule has 0 bridgehead atoms. The van der Waals surface area contributed by atoms with Gasteiger partial charge >= 0.3 is 0 Å². The second kappa shape index (κ2) is 7.56. The molecule has 1 rings (SSSR count). The molecule has 0 aliphatic carbocycles. The first-order valence-corrected chi connectivity index (χ1v) is 6.54. The molecular weight excluding hydrogens is 275 g/mol. The van der Waals surface area contributed by atoms with Crippen LogP contribution < -0.4 is 0 Å². The molecule has 0 aliphatic heterocycles. The first kappa shape index (κ1) is 15.2. The number of halogens is 2. The van der Waals surface area contributed by atoms with Gasteiger partial charge in [-0.2, -0.15) is 0 Å². The van der Waals surface area contributed by atoms with E-state index in [0.29, 0.717) is 31.3 Å². The SMILES string of the molecule is CCOCCN(CC)C(=O)c1nc(Cl)ccc1Cl. The predicted octanol–water partition coefficient (Wildman–Crippen LogP) is 2.89. The Balaban J connectivity index is 2.79. The normalized spacial score (nSPS) is 10.4. The monoisotopic (exact) mass is 290 g/mol. The van der Waals surface area contributed by atoms with Crippen LogP contribution in [0.4, 0.5) is 0 Å². The van der Waals surface area contributed by atoms with Gasteiger partial charge in [0.1, 0.15) is 10.8 Å². The highest BCUT2D eigenvalue weighted by Gasteiger charge is 2.18. The smallest absolute Gasteiger partial charge is 0.274 e. The number of aromatic nitrogens is 1.